The summed E-state index contributed by atoms with van der Waals surface area (Å²) >= 11 is 0. The van der Waals surface area contributed by atoms with Gasteiger partial charge in [0.05, 0.1) is 25.3 Å². The standard InChI is InChI=1S/C15H18N2O4/c1-8-4-9(8)15-16-10-5-12(20-2)13(21-3)6-11(10)17(15)7-14(18)19/h5-6,8-9H,4,7H2,1-3H3,(H,18,19). The van der Waals surface area contributed by atoms with E-state index in [-0.39, 0.29) is 6.54 Å². The Hall–Kier alpha value is -2.24. The fourth-order valence-electron chi connectivity index (χ4n) is 2.74. The Morgan fingerprint density at radius 2 is 2.00 bits per heavy atom. The van der Waals surface area contributed by atoms with Crippen molar-refractivity contribution in [2.75, 3.05) is 14.2 Å². The number of imidazole rings is 1. The lowest BCUT2D eigenvalue weighted by Crippen LogP contribution is -2.11. The average Bonchev–Trinajstić information content (AvgIpc) is 3.08. The van der Waals surface area contributed by atoms with Gasteiger partial charge in [-0.2, -0.15) is 0 Å². The summed E-state index contributed by atoms with van der Waals surface area (Å²) in [6.07, 6.45) is 1.05. The first kappa shape index (κ1) is 13.7. The molecule has 2 aromatic rings. The van der Waals surface area contributed by atoms with Gasteiger partial charge in [-0.1, -0.05) is 6.92 Å². The van der Waals surface area contributed by atoms with Gasteiger partial charge in [-0.15, -0.1) is 0 Å². The van der Waals surface area contributed by atoms with E-state index in [1.165, 1.54) is 0 Å². The second kappa shape index (κ2) is 4.95. The zero-order valence-electron chi connectivity index (χ0n) is 12.3. The normalized spacial score (nSPS) is 20.5. The number of carboxylic acids is 1. The minimum Gasteiger partial charge on any atom is -0.493 e. The summed E-state index contributed by atoms with van der Waals surface area (Å²) in [5.74, 6) is 2.04. The van der Waals surface area contributed by atoms with E-state index in [9.17, 15) is 4.79 Å². The topological polar surface area (TPSA) is 73.6 Å². The minimum absolute atomic E-state index is 0.0927. The number of carbonyl (C=O) groups is 1. The number of nitrogens with zero attached hydrogens (tertiary/aromatic N) is 2. The SMILES string of the molecule is COc1cc2nc(C3CC3C)n(CC(=O)O)c2cc1OC. The highest BCUT2D eigenvalue weighted by molar-refractivity contribution is 5.82. The summed E-state index contributed by atoms with van der Waals surface area (Å²) in [5.41, 5.74) is 1.51. The van der Waals surface area contributed by atoms with Gasteiger partial charge in [-0.25, -0.2) is 4.98 Å². The smallest absolute Gasteiger partial charge is 0.323 e. The maximum atomic E-state index is 11.2. The van der Waals surface area contributed by atoms with Crippen molar-refractivity contribution < 1.29 is 19.4 Å². The van der Waals surface area contributed by atoms with E-state index in [4.69, 9.17) is 14.6 Å². The lowest BCUT2D eigenvalue weighted by Gasteiger charge is -2.09. The first-order valence-corrected chi connectivity index (χ1v) is 6.89. The maximum Gasteiger partial charge on any atom is 0.323 e. The number of ether oxygens (including phenoxy) is 2. The van der Waals surface area contributed by atoms with E-state index in [0.29, 0.717) is 23.3 Å². The van der Waals surface area contributed by atoms with E-state index in [1.807, 2.05) is 0 Å². The van der Waals surface area contributed by atoms with Gasteiger partial charge in [-0.05, 0) is 12.3 Å². The van der Waals surface area contributed by atoms with Crippen LogP contribution in [0, 0.1) is 5.92 Å². The number of benzene rings is 1. The predicted molar refractivity (Wildman–Crippen MR) is 77.0 cm³/mol. The molecular formula is C15H18N2O4. The Morgan fingerprint density at radius 1 is 1.38 bits per heavy atom. The molecule has 2 atom stereocenters. The highest BCUT2D eigenvalue weighted by Crippen LogP contribution is 2.47. The van der Waals surface area contributed by atoms with Crippen LogP contribution in [0.1, 0.15) is 25.1 Å². The summed E-state index contributed by atoms with van der Waals surface area (Å²) in [6, 6.07) is 3.59. The van der Waals surface area contributed by atoms with Crippen molar-refractivity contribution in [2.24, 2.45) is 5.92 Å². The Kier molecular flexibility index (Phi) is 3.23. The monoisotopic (exact) mass is 290 g/mol. The average molecular weight is 290 g/mol. The molecule has 6 nitrogen and oxygen atoms in total. The molecule has 1 N–H and O–H groups in total. The molecule has 1 aliphatic carbocycles. The maximum absolute atomic E-state index is 11.2. The van der Waals surface area contributed by atoms with Crippen molar-refractivity contribution >= 4 is 17.0 Å². The van der Waals surface area contributed by atoms with Gasteiger partial charge < -0.3 is 19.1 Å². The lowest BCUT2D eigenvalue weighted by atomic mass is 10.2. The van der Waals surface area contributed by atoms with E-state index in [0.717, 1.165) is 23.3 Å². The Labute approximate surface area is 122 Å². The fourth-order valence-corrected chi connectivity index (χ4v) is 2.74. The lowest BCUT2D eigenvalue weighted by molar-refractivity contribution is -0.137. The van der Waals surface area contributed by atoms with Gasteiger partial charge >= 0.3 is 5.97 Å². The van der Waals surface area contributed by atoms with Gasteiger partial charge in [-0.3, -0.25) is 4.79 Å². The van der Waals surface area contributed by atoms with Crippen molar-refractivity contribution in [2.45, 2.75) is 25.8 Å². The molecule has 6 heteroatoms. The van der Waals surface area contributed by atoms with E-state index < -0.39 is 5.97 Å². The second-order valence-electron chi connectivity index (χ2n) is 5.47. The number of aliphatic carboxylic acids is 1. The van der Waals surface area contributed by atoms with Crippen molar-refractivity contribution in [3.8, 4) is 11.5 Å². The summed E-state index contributed by atoms with van der Waals surface area (Å²) in [4.78, 5) is 15.8. The molecule has 3 rings (SSSR count). The van der Waals surface area contributed by atoms with Gasteiger partial charge in [0.2, 0.25) is 0 Å². The van der Waals surface area contributed by atoms with Crippen LogP contribution < -0.4 is 9.47 Å². The number of methoxy groups -OCH3 is 2. The van der Waals surface area contributed by atoms with Crippen LogP contribution in [0.4, 0.5) is 0 Å². The van der Waals surface area contributed by atoms with E-state index >= 15 is 0 Å². The molecule has 1 fully saturated rings. The van der Waals surface area contributed by atoms with Crippen LogP contribution >= 0.6 is 0 Å². The Balaban J connectivity index is 2.19. The summed E-state index contributed by atoms with van der Waals surface area (Å²) in [5, 5.41) is 9.16. The number of rotatable bonds is 5. The van der Waals surface area contributed by atoms with Crippen LogP contribution in [0.2, 0.25) is 0 Å². The third-order valence-corrected chi connectivity index (χ3v) is 4.02. The molecule has 0 aliphatic heterocycles. The van der Waals surface area contributed by atoms with Gasteiger partial charge in [0.25, 0.3) is 0 Å². The molecule has 1 aliphatic rings. The number of hydrogen-bond donors (Lipinski definition) is 1. The molecule has 1 aromatic heterocycles. The van der Waals surface area contributed by atoms with E-state index in [2.05, 4.69) is 11.9 Å². The van der Waals surface area contributed by atoms with Crippen LogP contribution in [-0.4, -0.2) is 34.8 Å². The third-order valence-electron chi connectivity index (χ3n) is 4.02. The minimum atomic E-state index is -0.876. The molecule has 0 saturated heterocycles. The second-order valence-corrected chi connectivity index (χ2v) is 5.47. The number of hydrogen-bond acceptors (Lipinski definition) is 4. The molecule has 0 spiro atoms. The molecule has 0 bridgehead atoms. The van der Waals surface area contributed by atoms with Crippen LogP contribution in [-0.2, 0) is 11.3 Å². The zero-order valence-corrected chi connectivity index (χ0v) is 12.3. The number of fused-ring (bicyclic) bond motifs is 1. The molecule has 112 valence electrons. The molecule has 1 saturated carbocycles. The number of carboxylic acid groups (broad SMARTS) is 1. The molecule has 0 radical (unpaired) electrons. The van der Waals surface area contributed by atoms with Crippen LogP contribution in [0.25, 0.3) is 11.0 Å². The van der Waals surface area contributed by atoms with Crippen LogP contribution in [0.3, 0.4) is 0 Å². The summed E-state index contributed by atoms with van der Waals surface area (Å²) < 4.78 is 12.4. The molecule has 1 heterocycles. The van der Waals surface area contributed by atoms with Gasteiger partial charge in [0.15, 0.2) is 11.5 Å². The number of aromatic nitrogens is 2. The van der Waals surface area contributed by atoms with Crippen molar-refractivity contribution in [1.82, 2.24) is 9.55 Å². The van der Waals surface area contributed by atoms with Crippen molar-refractivity contribution in [3.05, 3.63) is 18.0 Å². The third kappa shape index (κ3) is 2.30. The molecule has 0 amide bonds. The molecule has 2 unspecified atom stereocenters. The Bertz CT molecular complexity index is 707. The van der Waals surface area contributed by atoms with Crippen molar-refractivity contribution in [3.63, 3.8) is 0 Å². The summed E-state index contributed by atoms with van der Waals surface area (Å²) in [7, 11) is 3.13. The highest BCUT2D eigenvalue weighted by Gasteiger charge is 2.38. The predicted octanol–water partition coefficient (Wildman–Crippen LogP) is 2.26. The summed E-state index contributed by atoms with van der Waals surface area (Å²) in [6.45, 7) is 2.06. The van der Waals surface area contributed by atoms with Crippen LogP contribution in [0.15, 0.2) is 12.1 Å². The quantitative estimate of drug-likeness (QED) is 0.914. The van der Waals surface area contributed by atoms with E-state index in [1.54, 1.807) is 30.9 Å². The Morgan fingerprint density at radius 3 is 2.52 bits per heavy atom. The van der Waals surface area contributed by atoms with Crippen molar-refractivity contribution in [1.29, 1.82) is 0 Å². The van der Waals surface area contributed by atoms with Gasteiger partial charge in [0, 0.05) is 18.1 Å². The molecule has 21 heavy (non-hydrogen) atoms. The molecule has 1 aromatic carbocycles. The first-order valence-electron chi connectivity index (χ1n) is 6.89. The first-order chi connectivity index (χ1) is 10.0. The largest absolute Gasteiger partial charge is 0.493 e. The molecular weight excluding hydrogens is 272 g/mol. The van der Waals surface area contributed by atoms with Crippen LogP contribution in [0.5, 0.6) is 11.5 Å². The highest BCUT2D eigenvalue weighted by atomic mass is 16.5. The fraction of sp³-hybridized carbons (Fsp3) is 0.467. The van der Waals surface area contributed by atoms with Gasteiger partial charge in [0.1, 0.15) is 12.4 Å². The zero-order chi connectivity index (χ0) is 15.1.